The number of benzene rings is 1. The molecule has 0 amide bonds. The second-order valence-electron chi connectivity index (χ2n) is 4.28. The summed E-state index contributed by atoms with van der Waals surface area (Å²) in [6, 6.07) is 10.8. The molecule has 6 nitrogen and oxygen atoms in total. The average molecular weight is 272 g/mol. The minimum Gasteiger partial charge on any atom is -0.619 e. The molecule has 20 heavy (non-hydrogen) atoms. The normalized spacial score (nSPS) is 10.9. The van der Waals surface area contributed by atoms with Gasteiger partial charge in [-0.3, -0.25) is 0 Å². The molecule has 1 heterocycles. The van der Waals surface area contributed by atoms with Crippen molar-refractivity contribution in [2.45, 2.75) is 0 Å². The maximum absolute atomic E-state index is 11.1. The molecule has 0 fully saturated rings. The number of azo groups is 1. The van der Waals surface area contributed by atoms with E-state index in [-0.39, 0.29) is 6.61 Å². The molecule has 0 bridgehead atoms. The van der Waals surface area contributed by atoms with Gasteiger partial charge >= 0.3 is 0 Å². The van der Waals surface area contributed by atoms with Crippen LogP contribution < -0.4 is 9.63 Å². The third-order valence-electron chi connectivity index (χ3n) is 2.77. The maximum Gasteiger partial charge on any atom is 0.207 e. The van der Waals surface area contributed by atoms with Gasteiger partial charge in [0.1, 0.15) is 0 Å². The zero-order chi connectivity index (χ0) is 14.4. The van der Waals surface area contributed by atoms with Gasteiger partial charge in [-0.2, -0.15) is 9.84 Å². The number of hydrogen-bond acceptors (Lipinski definition) is 5. The van der Waals surface area contributed by atoms with E-state index in [1.165, 1.54) is 12.4 Å². The number of likely N-dealkylation sites (N-methyl/N-ethyl adjacent to an activating group) is 1. The first kappa shape index (κ1) is 14.0. The highest BCUT2D eigenvalue weighted by atomic mass is 16.5. The number of hydrogen-bond donors (Lipinski definition) is 1. The van der Waals surface area contributed by atoms with Crippen LogP contribution in [-0.2, 0) is 0 Å². The Bertz CT molecular complexity index is 584. The lowest BCUT2D eigenvalue weighted by atomic mass is 10.2. The molecule has 2 rings (SSSR count). The average Bonchev–Trinajstić information content (AvgIpc) is 2.46. The molecule has 0 saturated carbocycles. The Kier molecular flexibility index (Phi) is 4.62. The quantitative estimate of drug-likeness (QED) is 0.515. The molecule has 6 heteroatoms. The van der Waals surface area contributed by atoms with E-state index in [1.807, 2.05) is 36.2 Å². The Labute approximate surface area is 117 Å². The summed E-state index contributed by atoms with van der Waals surface area (Å²) in [5, 5.41) is 28.0. The fraction of sp³-hybridized carbons (Fsp3) is 0.214. The number of aliphatic hydroxyl groups excluding tert-OH is 1. The summed E-state index contributed by atoms with van der Waals surface area (Å²) < 4.78 is 0.682. The first-order valence-electron chi connectivity index (χ1n) is 6.21. The lowest BCUT2D eigenvalue weighted by molar-refractivity contribution is -0.604. The van der Waals surface area contributed by atoms with Gasteiger partial charge in [-0.05, 0) is 30.3 Å². The summed E-state index contributed by atoms with van der Waals surface area (Å²) in [5.41, 5.74) is 2.20. The molecule has 1 aromatic carbocycles. The van der Waals surface area contributed by atoms with Gasteiger partial charge in [-0.25, -0.2) is 0 Å². The second-order valence-corrected chi connectivity index (χ2v) is 4.28. The van der Waals surface area contributed by atoms with Crippen LogP contribution in [0.5, 0.6) is 0 Å². The SMILES string of the molecule is CN(CCO)c1ccc(N=Nc2ccc[n+]([O-])c2)cc1. The Morgan fingerprint density at radius 2 is 1.85 bits per heavy atom. The van der Waals surface area contributed by atoms with Gasteiger partial charge in [0, 0.05) is 25.3 Å². The van der Waals surface area contributed by atoms with Gasteiger partial charge in [0.15, 0.2) is 11.9 Å². The van der Waals surface area contributed by atoms with Crippen LogP contribution >= 0.6 is 0 Å². The molecule has 0 aliphatic heterocycles. The fourth-order valence-electron chi connectivity index (χ4n) is 1.67. The van der Waals surface area contributed by atoms with Crippen LogP contribution in [0.25, 0.3) is 0 Å². The first-order chi connectivity index (χ1) is 9.69. The molecule has 1 aromatic heterocycles. The van der Waals surface area contributed by atoms with E-state index in [1.54, 1.807) is 12.1 Å². The van der Waals surface area contributed by atoms with E-state index >= 15 is 0 Å². The largest absolute Gasteiger partial charge is 0.619 e. The minimum atomic E-state index is 0.112. The Hall–Kier alpha value is -2.47. The predicted octanol–water partition coefficient (Wildman–Crippen LogP) is 2.16. The predicted molar refractivity (Wildman–Crippen MR) is 76.4 cm³/mol. The molecular weight excluding hydrogens is 256 g/mol. The molecule has 0 radical (unpaired) electrons. The lowest BCUT2D eigenvalue weighted by Crippen LogP contribution is -2.23. The minimum absolute atomic E-state index is 0.112. The van der Waals surface area contributed by atoms with Gasteiger partial charge in [0.05, 0.1) is 12.3 Å². The van der Waals surface area contributed by atoms with Crippen LogP contribution in [0.15, 0.2) is 59.0 Å². The topological polar surface area (TPSA) is 75.1 Å². The van der Waals surface area contributed by atoms with Crippen molar-refractivity contribution in [1.29, 1.82) is 0 Å². The van der Waals surface area contributed by atoms with E-state index < -0.39 is 0 Å². The Balaban J connectivity index is 2.07. The third kappa shape index (κ3) is 3.76. The van der Waals surface area contributed by atoms with Crippen molar-refractivity contribution >= 4 is 17.1 Å². The molecule has 0 unspecified atom stereocenters. The zero-order valence-electron chi connectivity index (χ0n) is 11.2. The highest BCUT2D eigenvalue weighted by Crippen LogP contribution is 2.20. The van der Waals surface area contributed by atoms with E-state index in [0.29, 0.717) is 22.6 Å². The van der Waals surface area contributed by atoms with Crippen molar-refractivity contribution in [2.75, 3.05) is 25.1 Å². The Morgan fingerprint density at radius 1 is 1.15 bits per heavy atom. The van der Waals surface area contributed by atoms with Gasteiger partial charge < -0.3 is 15.2 Å². The third-order valence-corrected chi connectivity index (χ3v) is 2.77. The maximum atomic E-state index is 11.1. The summed E-state index contributed by atoms with van der Waals surface area (Å²) >= 11 is 0. The van der Waals surface area contributed by atoms with Crippen molar-refractivity contribution in [3.8, 4) is 0 Å². The van der Waals surface area contributed by atoms with Gasteiger partial charge in [0.25, 0.3) is 0 Å². The molecule has 0 aliphatic carbocycles. The highest BCUT2D eigenvalue weighted by Gasteiger charge is 2.00. The van der Waals surface area contributed by atoms with Gasteiger partial charge in [0.2, 0.25) is 6.20 Å². The molecular formula is C14H16N4O2. The molecule has 0 spiro atoms. The van der Waals surface area contributed by atoms with Crippen LogP contribution in [0, 0.1) is 5.21 Å². The number of aromatic nitrogens is 1. The molecule has 0 saturated heterocycles. The fourth-order valence-corrected chi connectivity index (χ4v) is 1.67. The van der Waals surface area contributed by atoms with Crippen LogP contribution in [0.1, 0.15) is 0 Å². The van der Waals surface area contributed by atoms with Crippen LogP contribution in [0.2, 0.25) is 0 Å². The summed E-state index contributed by atoms with van der Waals surface area (Å²) in [5.74, 6) is 0. The summed E-state index contributed by atoms with van der Waals surface area (Å²) in [4.78, 5) is 1.94. The lowest BCUT2D eigenvalue weighted by Gasteiger charge is -2.17. The highest BCUT2D eigenvalue weighted by molar-refractivity contribution is 5.52. The number of pyridine rings is 1. The smallest absolute Gasteiger partial charge is 0.207 e. The van der Waals surface area contributed by atoms with Crippen LogP contribution in [0.3, 0.4) is 0 Å². The zero-order valence-corrected chi connectivity index (χ0v) is 11.2. The van der Waals surface area contributed by atoms with E-state index in [4.69, 9.17) is 5.11 Å². The van der Waals surface area contributed by atoms with Crippen molar-refractivity contribution in [2.24, 2.45) is 10.2 Å². The standard InChI is InChI=1S/C14H16N4O2/c1-17(9-10-19)14-6-4-12(5-7-14)15-16-13-3-2-8-18(20)11-13/h2-8,11,19H,9-10H2,1H3. The number of nitrogens with zero attached hydrogens (tertiary/aromatic N) is 4. The summed E-state index contributed by atoms with van der Waals surface area (Å²) in [6.45, 7) is 0.690. The number of anilines is 1. The molecule has 2 aromatic rings. The van der Waals surface area contributed by atoms with Crippen molar-refractivity contribution in [3.05, 3.63) is 54.0 Å². The molecule has 104 valence electrons. The second kappa shape index (κ2) is 6.63. The molecule has 0 aliphatic rings. The van der Waals surface area contributed by atoms with Crippen molar-refractivity contribution < 1.29 is 9.84 Å². The van der Waals surface area contributed by atoms with Crippen LogP contribution in [-0.4, -0.2) is 25.3 Å². The molecule has 0 atom stereocenters. The van der Waals surface area contributed by atoms with Crippen molar-refractivity contribution in [1.82, 2.24) is 0 Å². The van der Waals surface area contributed by atoms with E-state index in [2.05, 4.69) is 10.2 Å². The van der Waals surface area contributed by atoms with Crippen molar-refractivity contribution in [3.63, 3.8) is 0 Å². The molecule has 1 N–H and O–H groups in total. The van der Waals surface area contributed by atoms with Gasteiger partial charge in [-0.15, -0.1) is 5.11 Å². The number of aliphatic hydroxyl groups is 1. The first-order valence-corrected chi connectivity index (χ1v) is 6.21. The van der Waals surface area contributed by atoms with Gasteiger partial charge in [-0.1, -0.05) is 0 Å². The summed E-state index contributed by atoms with van der Waals surface area (Å²) in [6.07, 6.45) is 2.75. The van der Waals surface area contributed by atoms with E-state index in [9.17, 15) is 5.21 Å². The Morgan fingerprint density at radius 3 is 2.50 bits per heavy atom. The summed E-state index contributed by atoms with van der Waals surface area (Å²) in [7, 11) is 1.91. The monoisotopic (exact) mass is 272 g/mol. The number of rotatable bonds is 5. The van der Waals surface area contributed by atoms with E-state index in [0.717, 1.165) is 5.69 Å². The van der Waals surface area contributed by atoms with Crippen LogP contribution in [0.4, 0.5) is 17.1 Å².